The molecule has 0 fully saturated rings. The lowest BCUT2D eigenvalue weighted by Gasteiger charge is -2.32. The standard InChI is InChI=1S/C33H37N3O4/c1-3-4-19-34-31(38)29(22-25-13-6-5-7-14-25)36(23-26-15-10-12-24(2)21-26)30(37)18-11-20-35-32(39)27-16-8-9-17-28(27)33(35)40/h5-10,12-17,21,29H,3-4,11,18-20,22-23H2,1-2H3,(H,34,38)/t29-/m1/s1. The van der Waals surface area contributed by atoms with Crippen molar-refractivity contribution < 1.29 is 19.2 Å². The summed E-state index contributed by atoms with van der Waals surface area (Å²) in [5.41, 5.74) is 3.76. The number of hydrogen-bond donors (Lipinski definition) is 1. The van der Waals surface area contributed by atoms with Gasteiger partial charge in [-0.25, -0.2) is 0 Å². The van der Waals surface area contributed by atoms with Gasteiger partial charge in [0.2, 0.25) is 11.8 Å². The molecule has 1 heterocycles. The van der Waals surface area contributed by atoms with Crippen LogP contribution in [0.3, 0.4) is 0 Å². The second kappa shape index (κ2) is 13.7. The van der Waals surface area contributed by atoms with Gasteiger partial charge in [0.25, 0.3) is 11.8 Å². The number of imide groups is 1. The number of aryl methyl sites for hydroxylation is 1. The number of nitrogens with zero attached hydrogens (tertiary/aromatic N) is 2. The maximum Gasteiger partial charge on any atom is 0.261 e. The Hall–Kier alpha value is -4.26. The molecule has 4 amide bonds. The van der Waals surface area contributed by atoms with Crippen LogP contribution in [0, 0.1) is 6.92 Å². The fourth-order valence-electron chi connectivity index (χ4n) is 5.04. The van der Waals surface area contributed by atoms with Crippen molar-refractivity contribution in [2.75, 3.05) is 13.1 Å². The van der Waals surface area contributed by atoms with Gasteiger partial charge in [0.1, 0.15) is 6.04 Å². The van der Waals surface area contributed by atoms with Crippen LogP contribution in [0.1, 0.15) is 70.0 Å². The van der Waals surface area contributed by atoms with Gasteiger partial charge < -0.3 is 10.2 Å². The summed E-state index contributed by atoms with van der Waals surface area (Å²) in [6, 6.07) is 23.7. The first-order valence-corrected chi connectivity index (χ1v) is 14.0. The Morgan fingerprint density at radius 1 is 0.850 bits per heavy atom. The van der Waals surface area contributed by atoms with Gasteiger partial charge in [-0.3, -0.25) is 24.1 Å². The largest absolute Gasteiger partial charge is 0.354 e. The van der Waals surface area contributed by atoms with E-state index in [1.807, 2.05) is 61.5 Å². The third kappa shape index (κ3) is 7.03. The average Bonchev–Trinajstić information content (AvgIpc) is 3.20. The van der Waals surface area contributed by atoms with Crippen LogP contribution >= 0.6 is 0 Å². The molecule has 0 saturated heterocycles. The summed E-state index contributed by atoms with van der Waals surface area (Å²) in [6.07, 6.45) is 2.61. The summed E-state index contributed by atoms with van der Waals surface area (Å²) in [7, 11) is 0. The molecular weight excluding hydrogens is 502 g/mol. The zero-order chi connectivity index (χ0) is 28.5. The number of hydrogen-bond acceptors (Lipinski definition) is 4. The maximum atomic E-state index is 13.8. The average molecular weight is 540 g/mol. The van der Waals surface area contributed by atoms with Crippen LogP contribution in [0.15, 0.2) is 78.9 Å². The summed E-state index contributed by atoms with van der Waals surface area (Å²) in [5, 5.41) is 3.03. The topological polar surface area (TPSA) is 86.8 Å². The van der Waals surface area contributed by atoms with E-state index in [-0.39, 0.29) is 43.1 Å². The number of rotatable bonds is 13. The Morgan fingerprint density at radius 3 is 2.15 bits per heavy atom. The Bertz CT molecular complexity index is 1320. The molecule has 40 heavy (non-hydrogen) atoms. The van der Waals surface area contributed by atoms with Gasteiger partial charge in [0, 0.05) is 32.5 Å². The summed E-state index contributed by atoms with van der Waals surface area (Å²) in [6.45, 7) is 5.04. The Kier molecular flexibility index (Phi) is 9.84. The number of unbranched alkanes of at least 4 members (excludes halogenated alkanes) is 1. The fraction of sp³-hybridized carbons (Fsp3) is 0.333. The number of carbonyl (C=O) groups is 4. The highest BCUT2D eigenvalue weighted by Crippen LogP contribution is 2.23. The van der Waals surface area contributed by atoms with Crippen LogP contribution in [0.25, 0.3) is 0 Å². The van der Waals surface area contributed by atoms with E-state index >= 15 is 0 Å². The van der Waals surface area contributed by atoms with Gasteiger partial charge >= 0.3 is 0 Å². The Labute approximate surface area is 236 Å². The van der Waals surface area contributed by atoms with E-state index in [0.29, 0.717) is 30.5 Å². The minimum absolute atomic E-state index is 0.104. The number of benzene rings is 3. The van der Waals surface area contributed by atoms with Gasteiger partial charge in [-0.2, -0.15) is 0 Å². The van der Waals surface area contributed by atoms with Crippen molar-refractivity contribution in [2.45, 2.75) is 58.5 Å². The van der Waals surface area contributed by atoms with Crippen molar-refractivity contribution >= 4 is 23.6 Å². The first-order chi connectivity index (χ1) is 19.4. The summed E-state index contributed by atoms with van der Waals surface area (Å²) >= 11 is 0. The molecule has 1 N–H and O–H groups in total. The molecule has 1 aliphatic rings. The van der Waals surface area contributed by atoms with Crippen molar-refractivity contribution in [3.8, 4) is 0 Å². The highest BCUT2D eigenvalue weighted by Gasteiger charge is 2.35. The molecule has 7 heteroatoms. The van der Waals surface area contributed by atoms with E-state index in [1.54, 1.807) is 29.2 Å². The predicted molar refractivity (Wildman–Crippen MR) is 155 cm³/mol. The molecule has 0 bridgehead atoms. The fourth-order valence-corrected chi connectivity index (χ4v) is 5.04. The molecule has 3 aromatic carbocycles. The molecule has 0 spiro atoms. The van der Waals surface area contributed by atoms with Crippen LogP contribution in [-0.2, 0) is 22.6 Å². The van der Waals surface area contributed by atoms with Crippen LogP contribution in [0.2, 0.25) is 0 Å². The lowest BCUT2D eigenvalue weighted by atomic mass is 10.0. The van der Waals surface area contributed by atoms with E-state index < -0.39 is 6.04 Å². The molecule has 0 unspecified atom stereocenters. The minimum Gasteiger partial charge on any atom is -0.354 e. The minimum atomic E-state index is -0.702. The van der Waals surface area contributed by atoms with E-state index in [2.05, 4.69) is 12.2 Å². The first kappa shape index (κ1) is 28.7. The van der Waals surface area contributed by atoms with Gasteiger partial charge in [-0.1, -0.05) is 85.6 Å². The molecule has 3 aromatic rings. The molecule has 0 aliphatic carbocycles. The molecule has 1 aliphatic heterocycles. The van der Waals surface area contributed by atoms with E-state index in [0.717, 1.165) is 29.5 Å². The molecule has 1 atom stereocenters. The van der Waals surface area contributed by atoms with Crippen molar-refractivity contribution in [1.82, 2.24) is 15.1 Å². The zero-order valence-electron chi connectivity index (χ0n) is 23.3. The highest BCUT2D eigenvalue weighted by atomic mass is 16.2. The summed E-state index contributed by atoms with van der Waals surface area (Å²) < 4.78 is 0. The number of amides is 4. The van der Waals surface area contributed by atoms with Crippen molar-refractivity contribution in [3.63, 3.8) is 0 Å². The third-order valence-corrected chi connectivity index (χ3v) is 7.19. The normalized spacial score (nSPS) is 13.2. The lowest BCUT2D eigenvalue weighted by Crippen LogP contribution is -2.50. The second-order valence-corrected chi connectivity index (χ2v) is 10.3. The Morgan fingerprint density at radius 2 is 1.50 bits per heavy atom. The highest BCUT2D eigenvalue weighted by molar-refractivity contribution is 6.21. The molecule has 208 valence electrons. The molecule has 4 rings (SSSR count). The second-order valence-electron chi connectivity index (χ2n) is 10.3. The SMILES string of the molecule is CCCCNC(=O)[C@@H](Cc1ccccc1)N(Cc1cccc(C)c1)C(=O)CCCN1C(=O)c2ccccc2C1=O. The Balaban J connectivity index is 1.53. The maximum absolute atomic E-state index is 13.8. The van der Waals surface area contributed by atoms with Crippen molar-refractivity contribution in [3.05, 3.63) is 107 Å². The van der Waals surface area contributed by atoms with Gasteiger partial charge in [0.15, 0.2) is 0 Å². The number of fused-ring (bicyclic) bond motifs is 1. The van der Waals surface area contributed by atoms with E-state index in [4.69, 9.17) is 0 Å². The molecule has 7 nitrogen and oxygen atoms in total. The predicted octanol–water partition coefficient (Wildman–Crippen LogP) is 4.93. The van der Waals surface area contributed by atoms with Crippen molar-refractivity contribution in [1.29, 1.82) is 0 Å². The van der Waals surface area contributed by atoms with Gasteiger partial charge in [0.05, 0.1) is 11.1 Å². The molecule has 0 radical (unpaired) electrons. The zero-order valence-corrected chi connectivity index (χ0v) is 23.3. The molecule has 0 aromatic heterocycles. The van der Waals surface area contributed by atoms with E-state index in [1.165, 1.54) is 4.90 Å². The van der Waals surface area contributed by atoms with Crippen molar-refractivity contribution in [2.24, 2.45) is 0 Å². The van der Waals surface area contributed by atoms with Gasteiger partial charge in [-0.15, -0.1) is 0 Å². The van der Waals surface area contributed by atoms with E-state index in [9.17, 15) is 19.2 Å². The number of carbonyl (C=O) groups excluding carboxylic acids is 4. The van der Waals surface area contributed by atoms with Crippen LogP contribution in [0.4, 0.5) is 0 Å². The quantitative estimate of drug-likeness (QED) is 0.247. The summed E-state index contributed by atoms with van der Waals surface area (Å²) in [5.74, 6) is -1.04. The molecule has 0 saturated carbocycles. The van der Waals surface area contributed by atoms with Gasteiger partial charge in [-0.05, 0) is 43.0 Å². The monoisotopic (exact) mass is 539 g/mol. The lowest BCUT2D eigenvalue weighted by molar-refractivity contribution is -0.141. The smallest absolute Gasteiger partial charge is 0.261 e. The van der Waals surface area contributed by atoms with Crippen LogP contribution < -0.4 is 5.32 Å². The van der Waals surface area contributed by atoms with Crippen LogP contribution in [-0.4, -0.2) is 52.6 Å². The molecular formula is C33H37N3O4. The third-order valence-electron chi connectivity index (χ3n) is 7.19. The summed E-state index contributed by atoms with van der Waals surface area (Å²) in [4.78, 5) is 55.7. The van der Waals surface area contributed by atoms with Crippen LogP contribution in [0.5, 0.6) is 0 Å². The number of nitrogens with one attached hydrogen (secondary N) is 1. The first-order valence-electron chi connectivity index (χ1n) is 14.0.